The summed E-state index contributed by atoms with van der Waals surface area (Å²) >= 11 is 0. The van der Waals surface area contributed by atoms with Crippen molar-refractivity contribution in [1.29, 1.82) is 5.26 Å². The molecule has 4 nitrogen and oxygen atoms in total. The van der Waals surface area contributed by atoms with Gasteiger partial charge in [0, 0.05) is 26.2 Å². The van der Waals surface area contributed by atoms with Gasteiger partial charge in [0.15, 0.2) is 0 Å². The molecule has 5 aliphatic rings. The molecule has 4 bridgehead atoms. The number of amides is 1. The summed E-state index contributed by atoms with van der Waals surface area (Å²) in [4.78, 5) is 17.5. The lowest BCUT2D eigenvalue weighted by atomic mass is 9.49. The van der Waals surface area contributed by atoms with E-state index in [-0.39, 0.29) is 11.2 Å². The fraction of sp³-hybridized carbons (Fsp3) is 0.636. The molecule has 142 valence electrons. The third kappa shape index (κ3) is 2.81. The van der Waals surface area contributed by atoms with Gasteiger partial charge in [0.2, 0.25) is 5.91 Å². The molecule has 1 aromatic carbocycles. The SMILES string of the molecule is N#Cc1ccc(N2CCN(C(=O)C34CC5CC(CC(C5)C3)C4)CC2)c(F)c1. The van der Waals surface area contributed by atoms with Gasteiger partial charge in [-0.1, -0.05) is 0 Å². The standard InChI is InChI=1S/C22H26FN3O/c23-19-10-15(14-24)1-2-20(19)25-3-5-26(6-4-25)21(27)22-11-16-7-17(12-22)9-18(8-16)13-22/h1-2,10,16-18H,3-9,11-13H2. The average molecular weight is 367 g/mol. The second-order valence-electron chi connectivity index (χ2n) is 9.26. The quantitative estimate of drug-likeness (QED) is 0.803. The van der Waals surface area contributed by atoms with Gasteiger partial charge in [0.1, 0.15) is 5.82 Å². The Morgan fingerprint density at radius 3 is 2.15 bits per heavy atom. The van der Waals surface area contributed by atoms with Crippen molar-refractivity contribution in [3.63, 3.8) is 0 Å². The number of carbonyl (C=O) groups excluding carboxylic acids is 1. The van der Waals surface area contributed by atoms with Crippen LogP contribution in [-0.2, 0) is 4.79 Å². The summed E-state index contributed by atoms with van der Waals surface area (Å²) in [5.41, 5.74) is 0.791. The van der Waals surface area contributed by atoms with E-state index in [0.717, 1.165) is 37.0 Å². The normalized spacial score (nSPS) is 34.6. The molecule has 4 aliphatic carbocycles. The third-order valence-electron chi connectivity index (χ3n) is 7.48. The lowest BCUT2D eigenvalue weighted by Gasteiger charge is -2.57. The molecule has 0 radical (unpaired) electrons. The van der Waals surface area contributed by atoms with Crippen LogP contribution in [0, 0.1) is 40.3 Å². The van der Waals surface area contributed by atoms with E-state index in [0.29, 0.717) is 43.3 Å². The minimum atomic E-state index is -0.352. The minimum Gasteiger partial charge on any atom is -0.366 e. The first kappa shape index (κ1) is 17.0. The van der Waals surface area contributed by atoms with E-state index in [1.165, 1.54) is 25.3 Å². The molecule has 0 spiro atoms. The van der Waals surface area contributed by atoms with Gasteiger partial charge in [-0.2, -0.15) is 5.26 Å². The van der Waals surface area contributed by atoms with Crippen LogP contribution in [0.1, 0.15) is 44.1 Å². The number of benzene rings is 1. The number of hydrogen-bond donors (Lipinski definition) is 0. The first-order valence-corrected chi connectivity index (χ1v) is 10.3. The van der Waals surface area contributed by atoms with Gasteiger partial charge in [0.05, 0.1) is 22.7 Å². The van der Waals surface area contributed by atoms with Crippen molar-refractivity contribution in [1.82, 2.24) is 4.90 Å². The Balaban J connectivity index is 1.27. The van der Waals surface area contributed by atoms with E-state index in [2.05, 4.69) is 0 Å². The lowest BCUT2D eigenvalue weighted by Crippen LogP contribution is -2.58. The van der Waals surface area contributed by atoms with Crippen LogP contribution < -0.4 is 4.90 Å². The second kappa shape index (κ2) is 6.22. The molecule has 0 atom stereocenters. The lowest BCUT2D eigenvalue weighted by molar-refractivity contribution is -0.158. The first-order chi connectivity index (χ1) is 13.1. The van der Waals surface area contributed by atoms with Gasteiger partial charge >= 0.3 is 0 Å². The summed E-state index contributed by atoms with van der Waals surface area (Å²) < 4.78 is 14.3. The zero-order valence-corrected chi connectivity index (χ0v) is 15.7. The number of halogens is 1. The van der Waals surface area contributed by atoms with Gasteiger partial charge in [-0.25, -0.2) is 4.39 Å². The van der Waals surface area contributed by atoms with Gasteiger partial charge in [0.25, 0.3) is 0 Å². The largest absolute Gasteiger partial charge is 0.366 e. The minimum absolute atomic E-state index is 0.0867. The van der Waals surface area contributed by atoms with E-state index >= 15 is 0 Å². The third-order valence-corrected chi connectivity index (χ3v) is 7.48. The van der Waals surface area contributed by atoms with E-state index in [1.54, 1.807) is 12.1 Å². The van der Waals surface area contributed by atoms with Crippen LogP contribution in [0.15, 0.2) is 18.2 Å². The Kier molecular flexibility index (Phi) is 3.93. The van der Waals surface area contributed by atoms with Crippen LogP contribution in [0.5, 0.6) is 0 Å². The highest BCUT2D eigenvalue weighted by Gasteiger charge is 2.55. The molecule has 4 saturated carbocycles. The summed E-state index contributed by atoms with van der Waals surface area (Å²) in [6, 6.07) is 6.61. The van der Waals surface area contributed by atoms with E-state index < -0.39 is 0 Å². The van der Waals surface area contributed by atoms with Crippen molar-refractivity contribution in [2.24, 2.45) is 23.2 Å². The summed E-state index contributed by atoms with van der Waals surface area (Å²) in [6.45, 7) is 2.64. The summed E-state index contributed by atoms with van der Waals surface area (Å²) in [5.74, 6) is 2.34. The summed E-state index contributed by atoms with van der Waals surface area (Å²) in [6.07, 6.45) is 7.34. The van der Waals surface area contributed by atoms with Gasteiger partial charge < -0.3 is 9.80 Å². The Bertz CT molecular complexity index is 771. The Labute approximate surface area is 159 Å². The maximum absolute atomic E-state index is 14.3. The van der Waals surface area contributed by atoms with Crippen molar-refractivity contribution in [3.8, 4) is 6.07 Å². The molecule has 0 aromatic heterocycles. The Hall–Kier alpha value is -2.09. The fourth-order valence-electron chi connectivity index (χ4n) is 6.69. The van der Waals surface area contributed by atoms with E-state index in [1.807, 2.05) is 15.9 Å². The van der Waals surface area contributed by atoms with E-state index in [4.69, 9.17) is 5.26 Å². The maximum atomic E-state index is 14.3. The summed E-state index contributed by atoms with van der Waals surface area (Å²) in [7, 11) is 0. The molecule has 6 rings (SSSR count). The number of nitrogens with zero attached hydrogens (tertiary/aromatic N) is 3. The molecule has 5 heteroatoms. The number of hydrogen-bond acceptors (Lipinski definition) is 3. The molecule has 1 aromatic rings. The molecular formula is C22H26FN3O. The first-order valence-electron chi connectivity index (χ1n) is 10.3. The van der Waals surface area contributed by atoms with Gasteiger partial charge in [-0.05, 0) is 74.5 Å². The van der Waals surface area contributed by atoms with Gasteiger partial charge in [-0.3, -0.25) is 4.79 Å². The predicted octanol–water partition coefficient (Wildman–Crippen LogP) is 3.56. The smallest absolute Gasteiger partial charge is 0.228 e. The van der Waals surface area contributed by atoms with Crippen molar-refractivity contribution in [2.45, 2.75) is 38.5 Å². The van der Waals surface area contributed by atoms with Crippen LogP contribution in [0.3, 0.4) is 0 Å². The molecule has 1 amide bonds. The molecular weight excluding hydrogens is 341 g/mol. The van der Waals surface area contributed by atoms with Crippen molar-refractivity contribution in [3.05, 3.63) is 29.6 Å². The average Bonchev–Trinajstić information content (AvgIpc) is 2.66. The Morgan fingerprint density at radius 2 is 1.63 bits per heavy atom. The van der Waals surface area contributed by atoms with Crippen LogP contribution >= 0.6 is 0 Å². The van der Waals surface area contributed by atoms with Crippen molar-refractivity contribution >= 4 is 11.6 Å². The number of carbonyl (C=O) groups is 1. The molecule has 0 N–H and O–H groups in total. The molecule has 1 aliphatic heterocycles. The van der Waals surface area contributed by atoms with Crippen LogP contribution in [0.4, 0.5) is 10.1 Å². The predicted molar refractivity (Wildman–Crippen MR) is 101 cm³/mol. The number of anilines is 1. The second-order valence-corrected chi connectivity index (χ2v) is 9.26. The topological polar surface area (TPSA) is 47.3 Å². The Morgan fingerprint density at radius 1 is 1.04 bits per heavy atom. The van der Waals surface area contributed by atoms with Gasteiger partial charge in [-0.15, -0.1) is 0 Å². The number of rotatable bonds is 2. The molecule has 0 unspecified atom stereocenters. The van der Waals surface area contributed by atoms with Crippen molar-refractivity contribution in [2.75, 3.05) is 31.1 Å². The van der Waals surface area contributed by atoms with Crippen LogP contribution in [-0.4, -0.2) is 37.0 Å². The monoisotopic (exact) mass is 367 g/mol. The maximum Gasteiger partial charge on any atom is 0.228 e. The van der Waals surface area contributed by atoms with Crippen LogP contribution in [0.2, 0.25) is 0 Å². The highest BCUT2D eigenvalue weighted by Crippen LogP contribution is 2.60. The van der Waals surface area contributed by atoms with Crippen LogP contribution in [0.25, 0.3) is 0 Å². The molecule has 27 heavy (non-hydrogen) atoms. The number of nitriles is 1. The highest BCUT2D eigenvalue weighted by molar-refractivity contribution is 5.83. The molecule has 5 fully saturated rings. The number of piperazine rings is 1. The fourth-order valence-corrected chi connectivity index (χ4v) is 6.69. The highest BCUT2D eigenvalue weighted by atomic mass is 19.1. The van der Waals surface area contributed by atoms with E-state index in [9.17, 15) is 9.18 Å². The molecule has 1 saturated heterocycles. The summed E-state index contributed by atoms with van der Waals surface area (Å²) in [5, 5.41) is 8.90. The molecule has 1 heterocycles. The zero-order valence-electron chi connectivity index (χ0n) is 15.7. The van der Waals surface area contributed by atoms with Crippen molar-refractivity contribution < 1.29 is 9.18 Å². The zero-order chi connectivity index (χ0) is 18.6.